The van der Waals surface area contributed by atoms with Crippen LogP contribution in [0, 0.1) is 28.6 Å². The number of Topliss-reactive ketones (excluding diaryl/α,β-unsaturated/α-hetero) is 2. The van der Waals surface area contributed by atoms with Crippen molar-refractivity contribution in [2.75, 3.05) is 0 Å². The predicted molar refractivity (Wildman–Crippen MR) is 93.9 cm³/mol. The lowest BCUT2D eigenvalue weighted by molar-refractivity contribution is -0.131. The van der Waals surface area contributed by atoms with Crippen molar-refractivity contribution >= 4 is 17.5 Å². The van der Waals surface area contributed by atoms with E-state index < -0.39 is 17.0 Å². The van der Waals surface area contributed by atoms with Crippen molar-refractivity contribution < 1.29 is 23.5 Å². The zero-order valence-corrected chi connectivity index (χ0v) is 15.8. The number of hydrogen-bond acceptors (Lipinski definition) is 4. The minimum Gasteiger partial charge on any atom is -0.364 e. The van der Waals surface area contributed by atoms with Crippen LogP contribution in [-0.2, 0) is 19.1 Å². The minimum atomic E-state index is -0.807. The number of rotatable bonds is 1. The van der Waals surface area contributed by atoms with Gasteiger partial charge in [-0.2, -0.15) is 0 Å². The average Bonchev–Trinajstić information content (AvgIpc) is 3.30. The molecule has 6 heteroatoms. The van der Waals surface area contributed by atoms with Gasteiger partial charge in [-0.15, -0.1) is 0 Å². The molecule has 1 unspecified atom stereocenters. The summed E-state index contributed by atoms with van der Waals surface area (Å²) in [4.78, 5) is 36.6. The molecule has 0 radical (unpaired) electrons. The van der Waals surface area contributed by atoms with Gasteiger partial charge in [-0.25, -0.2) is 4.39 Å². The number of fused-ring (bicyclic) bond motifs is 8. The molecule has 1 amide bonds. The third kappa shape index (κ3) is 2.05. The smallest absolute Gasteiger partial charge is 0.237 e. The Morgan fingerprint density at radius 1 is 1.26 bits per heavy atom. The van der Waals surface area contributed by atoms with Gasteiger partial charge in [0.2, 0.25) is 11.7 Å². The van der Waals surface area contributed by atoms with Crippen molar-refractivity contribution in [3.8, 4) is 0 Å². The number of carbonyl (C=O) groups excluding carboxylic acids is 3. The molecular formula is C21H24FNO4. The second kappa shape index (κ2) is 5.16. The lowest BCUT2D eigenvalue weighted by Gasteiger charge is -2.54. The van der Waals surface area contributed by atoms with Gasteiger partial charge in [0, 0.05) is 24.2 Å². The van der Waals surface area contributed by atoms with Crippen LogP contribution in [0.2, 0.25) is 0 Å². The van der Waals surface area contributed by atoms with Gasteiger partial charge in [-0.1, -0.05) is 13.8 Å². The summed E-state index contributed by atoms with van der Waals surface area (Å²) in [6.07, 6.45) is 4.19. The number of allylic oxidation sites excluding steroid dienone is 2. The highest BCUT2D eigenvalue weighted by Gasteiger charge is 2.69. The molecule has 1 N–H and O–H groups in total. The number of amides is 1. The van der Waals surface area contributed by atoms with E-state index in [4.69, 9.17) is 4.74 Å². The van der Waals surface area contributed by atoms with Crippen molar-refractivity contribution in [3.05, 3.63) is 23.2 Å². The summed E-state index contributed by atoms with van der Waals surface area (Å²) in [5.74, 6) is -1.09. The first-order valence-corrected chi connectivity index (χ1v) is 9.82. The van der Waals surface area contributed by atoms with Gasteiger partial charge in [-0.3, -0.25) is 14.4 Å². The van der Waals surface area contributed by atoms with Crippen LogP contribution in [0.25, 0.3) is 0 Å². The molecule has 5 rings (SSSR count). The quantitative estimate of drug-likeness (QED) is 0.717. The molecule has 4 aliphatic carbocycles. The maximum absolute atomic E-state index is 14.6. The first-order valence-electron chi connectivity index (χ1n) is 9.82. The Morgan fingerprint density at radius 3 is 2.70 bits per heavy atom. The van der Waals surface area contributed by atoms with E-state index in [-0.39, 0.29) is 47.0 Å². The summed E-state index contributed by atoms with van der Waals surface area (Å²) in [5.41, 5.74) is -0.192. The maximum Gasteiger partial charge on any atom is 0.237 e. The molecule has 5 aliphatic rings. The summed E-state index contributed by atoms with van der Waals surface area (Å²) >= 11 is 0. The minimum absolute atomic E-state index is 0.0419. The molecule has 0 aromatic rings. The Hall–Kier alpha value is -1.82. The van der Waals surface area contributed by atoms with Crippen LogP contribution < -0.4 is 5.32 Å². The third-order valence-corrected chi connectivity index (χ3v) is 8.02. The monoisotopic (exact) mass is 373 g/mol. The molecule has 0 aromatic carbocycles. The highest BCUT2D eigenvalue weighted by molar-refractivity contribution is 6.10. The number of ketones is 2. The van der Waals surface area contributed by atoms with Crippen molar-refractivity contribution in [1.29, 1.82) is 0 Å². The zero-order chi connectivity index (χ0) is 19.3. The van der Waals surface area contributed by atoms with Crippen LogP contribution in [0.5, 0.6) is 0 Å². The molecular weight excluding hydrogens is 349 g/mol. The first-order chi connectivity index (χ1) is 12.7. The summed E-state index contributed by atoms with van der Waals surface area (Å²) in [7, 11) is 0. The zero-order valence-electron chi connectivity index (χ0n) is 15.8. The van der Waals surface area contributed by atoms with Crippen molar-refractivity contribution in [2.24, 2.45) is 28.6 Å². The molecule has 0 bridgehead atoms. The molecule has 5 nitrogen and oxygen atoms in total. The second-order valence-electron chi connectivity index (χ2n) is 9.30. The van der Waals surface area contributed by atoms with E-state index in [2.05, 4.69) is 12.2 Å². The second-order valence-corrected chi connectivity index (χ2v) is 9.30. The topological polar surface area (TPSA) is 75.8 Å². The number of epoxide rings is 1. The molecule has 27 heavy (non-hydrogen) atoms. The van der Waals surface area contributed by atoms with Crippen LogP contribution in [0.3, 0.4) is 0 Å². The van der Waals surface area contributed by atoms with E-state index in [9.17, 15) is 18.8 Å². The van der Waals surface area contributed by atoms with E-state index >= 15 is 0 Å². The van der Waals surface area contributed by atoms with Crippen LogP contribution in [0.15, 0.2) is 23.2 Å². The molecule has 3 saturated carbocycles. The summed E-state index contributed by atoms with van der Waals surface area (Å²) in [6, 6.07) is 0. The number of hydrogen-bond donors (Lipinski definition) is 1. The van der Waals surface area contributed by atoms with Gasteiger partial charge in [0.05, 0.1) is 11.8 Å². The molecule has 1 aliphatic heterocycles. The Morgan fingerprint density at radius 2 is 2.00 bits per heavy atom. The molecule has 0 aromatic heterocycles. The molecule has 0 spiro atoms. The van der Waals surface area contributed by atoms with E-state index in [0.29, 0.717) is 12.2 Å². The average molecular weight is 373 g/mol. The van der Waals surface area contributed by atoms with Gasteiger partial charge in [0.1, 0.15) is 11.9 Å². The predicted octanol–water partition coefficient (Wildman–Crippen LogP) is 2.61. The van der Waals surface area contributed by atoms with Crippen LogP contribution >= 0.6 is 0 Å². The number of ether oxygens (including phenoxy) is 1. The molecule has 144 valence electrons. The van der Waals surface area contributed by atoms with Gasteiger partial charge in [-0.05, 0) is 48.7 Å². The highest BCUT2D eigenvalue weighted by atomic mass is 19.1. The highest BCUT2D eigenvalue weighted by Crippen LogP contribution is 2.68. The Kier molecular flexibility index (Phi) is 3.30. The molecule has 7 atom stereocenters. The standard InChI is InChI=1S/C21H24FNO4/c1-9(24)23-16-15-19-18(27-19)14-10-4-5-13(25)20(10,2)7-6-11(14)21(15,3)8-12(22)17(16)26/h8,10-11,14,18-19H,4-7H2,1-3H3,(H,23,24)/t10-,11-,14-,18-,19?,20-,21+/m0/s1. The number of halogens is 1. The Balaban J connectivity index is 1.64. The SMILES string of the molecule is CC(=O)NC1=C2C3O[C@H]3[C@@H]3[C@H](CC[C@]4(C)C(=O)CC[C@@H]34)[C@@]2(C)C=C(F)C1=O. The van der Waals surface area contributed by atoms with E-state index in [1.165, 1.54) is 13.0 Å². The molecule has 1 heterocycles. The first kappa shape index (κ1) is 17.3. The van der Waals surface area contributed by atoms with Gasteiger partial charge in [0.15, 0.2) is 5.83 Å². The van der Waals surface area contributed by atoms with Gasteiger partial charge in [0.25, 0.3) is 0 Å². The number of nitrogens with one attached hydrogen (secondary N) is 1. The Bertz CT molecular complexity index is 860. The summed E-state index contributed by atoms with van der Waals surface area (Å²) in [5, 5.41) is 2.58. The van der Waals surface area contributed by atoms with E-state index in [1.54, 1.807) is 0 Å². The van der Waals surface area contributed by atoms with E-state index in [0.717, 1.165) is 24.8 Å². The largest absolute Gasteiger partial charge is 0.364 e. The fourth-order valence-corrected chi connectivity index (χ4v) is 6.75. The van der Waals surface area contributed by atoms with Crippen LogP contribution in [0.1, 0.15) is 46.5 Å². The van der Waals surface area contributed by atoms with Crippen molar-refractivity contribution in [1.82, 2.24) is 5.32 Å². The van der Waals surface area contributed by atoms with Crippen molar-refractivity contribution in [2.45, 2.75) is 58.7 Å². The lowest BCUT2D eigenvalue weighted by Crippen LogP contribution is -2.54. The van der Waals surface area contributed by atoms with Gasteiger partial charge >= 0.3 is 0 Å². The fraction of sp³-hybridized carbons (Fsp3) is 0.667. The van der Waals surface area contributed by atoms with Crippen molar-refractivity contribution in [3.63, 3.8) is 0 Å². The lowest BCUT2D eigenvalue weighted by atomic mass is 9.48. The molecule has 1 saturated heterocycles. The fourth-order valence-electron chi connectivity index (χ4n) is 6.75. The third-order valence-electron chi connectivity index (χ3n) is 8.02. The normalized spacial score (nSPS) is 47.6. The summed E-state index contributed by atoms with van der Waals surface area (Å²) in [6.45, 7) is 5.37. The maximum atomic E-state index is 14.6. The molecule has 4 fully saturated rings. The Labute approximate surface area is 157 Å². The van der Waals surface area contributed by atoms with Crippen LogP contribution in [-0.4, -0.2) is 29.7 Å². The van der Waals surface area contributed by atoms with Crippen LogP contribution in [0.4, 0.5) is 4.39 Å². The summed E-state index contributed by atoms with van der Waals surface area (Å²) < 4.78 is 20.7. The van der Waals surface area contributed by atoms with Gasteiger partial charge < -0.3 is 10.1 Å². The number of carbonyl (C=O) groups is 3. The van der Waals surface area contributed by atoms with E-state index in [1.807, 2.05) is 6.92 Å².